The minimum absolute atomic E-state index is 0.112. The number of hydrogen-bond acceptors (Lipinski definition) is 5. The van der Waals surface area contributed by atoms with E-state index in [-0.39, 0.29) is 18.4 Å². The molecule has 2 aliphatic carbocycles. The van der Waals surface area contributed by atoms with Gasteiger partial charge in [-0.25, -0.2) is 9.59 Å². The minimum atomic E-state index is -1.44. The molecule has 180 valence electrons. The van der Waals surface area contributed by atoms with Gasteiger partial charge in [0.15, 0.2) is 0 Å². The van der Waals surface area contributed by atoms with E-state index in [4.69, 9.17) is 4.74 Å². The van der Waals surface area contributed by atoms with E-state index in [9.17, 15) is 24.6 Å². The summed E-state index contributed by atoms with van der Waals surface area (Å²) < 4.78 is 5.64. The number of ether oxygens (including phenoxy) is 1. The van der Waals surface area contributed by atoms with Gasteiger partial charge in [0.05, 0.1) is 6.61 Å². The topological polar surface area (TPSA) is 125 Å². The summed E-state index contributed by atoms with van der Waals surface area (Å²) in [5.41, 5.74) is 3.12. The molecule has 1 fully saturated rings. The standard InChI is InChI=1S/C26H30N2O6/c1-16-7-6-12-26(13-16,24(32)27-22(14-29)23(30)31)28-25(33)34-15-21-19-10-4-2-8-17(19)18-9-3-5-11-20(18)21/h2-5,8-11,16,21-22,29H,6-7,12-15H2,1H3,(H,27,32)(H,28,33)(H,30,31). The number of aliphatic hydroxyl groups excluding tert-OH is 1. The Labute approximate surface area is 198 Å². The third-order valence-corrected chi connectivity index (χ3v) is 6.90. The van der Waals surface area contributed by atoms with E-state index >= 15 is 0 Å². The molecule has 0 aromatic heterocycles. The van der Waals surface area contributed by atoms with Crippen LogP contribution in [0.5, 0.6) is 0 Å². The number of alkyl carbamates (subject to hydrolysis) is 1. The largest absolute Gasteiger partial charge is 0.480 e. The fraction of sp³-hybridized carbons (Fsp3) is 0.423. The number of benzene rings is 2. The third kappa shape index (κ3) is 4.63. The van der Waals surface area contributed by atoms with Crippen molar-refractivity contribution in [2.24, 2.45) is 5.92 Å². The van der Waals surface area contributed by atoms with Crippen molar-refractivity contribution < 1.29 is 29.3 Å². The van der Waals surface area contributed by atoms with Crippen LogP contribution >= 0.6 is 0 Å². The first-order chi connectivity index (χ1) is 16.3. The number of carboxylic acids is 1. The van der Waals surface area contributed by atoms with Gasteiger partial charge in [-0.1, -0.05) is 68.3 Å². The zero-order chi connectivity index (χ0) is 24.3. The lowest BCUT2D eigenvalue weighted by Crippen LogP contribution is -2.63. The normalized spacial score (nSPS) is 22.2. The second-order valence-electron chi connectivity index (χ2n) is 9.28. The second-order valence-corrected chi connectivity index (χ2v) is 9.28. The molecule has 0 heterocycles. The van der Waals surface area contributed by atoms with Gasteiger partial charge in [0.2, 0.25) is 5.91 Å². The molecule has 0 bridgehead atoms. The van der Waals surface area contributed by atoms with Gasteiger partial charge in [0.1, 0.15) is 18.2 Å². The zero-order valence-electron chi connectivity index (χ0n) is 19.1. The Morgan fingerprint density at radius 2 is 1.71 bits per heavy atom. The predicted octanol–water partition coefficient (Wildman–Crippen LogP) is 3.04. The number of rotatable bonds is 7. The lowest BCUT2D eigenvalue weighted by molar-refractivity contribution is -0.144. The van der Waals surface area contributed by atoms with Crippen LogP contribution in [0.3, 0.4) is 0 Å². The van der Waals surface area contributed by atoms with Gasteiger partial charge in [0.25, 0.3) is 0 Å². The Kier molecular flexibility index (Phi) is 6.88. The summed E-state index contributed by atoms with van der Waals surface area (Å²) in [4.78, 5) is 37.3. The smallest absolute Gasteiger partial charge is 0.408 e. The van der Waals surface area contributed by atoms with E-state index in [0.717, 1.165) is 28.7 Å². The number of carbonyl (C=O) groups excluding carboxylic acids is 2. The van der Waals surface area contributed by atoms with Gasteiger partial charge in [0, 0.05) is 5.92 Å². The molecule has 1 saturated carbocycles. The summed E-state index contributed by atoms with van der Waals surface area (Å²) in [6.45, 7) is 1.36. The average molecular weight is 467 g/mol. The van der Waals surface area contributed by atoms with Gasteiger partial charge >= 0.3 is 12.1 Å². The Balaban J connectivity index is 1.49. The first kappa shape index (κ1) is 23.8. The molecule has 0 saturated heterocycles. The van der Waals surface area contributed by atoms with Crippen LogP contribution in [0.25, 0.3) is 11.1 Å². The summed E-state index contributed by atoms with van der Waals surface area (Å²) in [6.07, 6.45) is 1.62. The Hall–Kier alpha value is -3.39. The highest BCUT2D eigenvalue weighted by atomic mass is 16.5. The lowest BCUT2D eigenvalue weighted by atomic mass is 9.75. The first-order valence-electron chi connectivity index (χ1n) is 11.6. The van der Waals surface area contributed by atoms with Crippen LogP contribution in [0, 0.1) is 5.92 Å². The lowest BCUT2D eigenvalue weighted by Gasteiger charge is -2.39. The van der Waals surface area contributed by atoms with Crippen LogP contribution in [0.1, 0.15) is 49.7 Å². The molecule has 4 rings (SSSR count). The van der Waals surface area contributed by atoms with E-state index in [1.54, 1.807) is 0 Å². The zero-order valence-corrected chi connectivity index (χ0v) is 19.1. The summed E-state index contributed by atoms with van der Waals surface area (Å²) >= 11 is 0. The molecule has 8 nitrogen and oxygen atoms in total. The number of carbonyl (C=O) groups is 3. The van der Waals surface area contributed by atoms with E-state index < -0.39 is 36.2 Å². The van der Waals surface area contributed by atoms with E-state index in [0.29, 0.717) is 19.3 Å². The van der Waals surface area contributed by atoms with Crippen molar-refractivity contribution in [2.45, 2.75) is 50.1 Å². The molecule has 2 amide bonds. The average Bonchev–Trinajstić information content (AvgIpc) is 3.14. The Morgan fingerprint density at radius 3 is 2.26 bits per heavy atom. The SMILES string of the molecule is CC1CCCC(NC(=O)OCC2c3ccccc3-c3ccccc32)(C(=O)NC(CO)C(=O)O)C1. The maximum absolute atomic E-state index is 13.1. The molecule has 2 aliphatic rings. The van der Waals surface area contributed by atoms with Crippen molar-refractivity contribution in [3.8, 4) is 11.1 Å². The summed E-state index contributed by atoms with van der Waals surface area (Å²) in [5.74, 6) is -1.91. The number of carboxylic acid groups (broad SMARTS) is 1. The van der Waals surface area contributed by atoms with Crippen molar-refractivity contribution in [2.75, 3.05) is 13.2 Å². The van der Waals surface area contributed by atoms with Crippen LogP contribution in [0.2, 0.25) is 0 Å². The molecule has 0 aliphatic heterocycles. The van der Waals surface area contributed by atoms with Gasteiger partial charge < -0.3 is 25.6 Å². The molecule has 0 radical (unpaired) electrons. The molecule has 2 aromatic carbocycles. The monoisotopic (exact) mass is 466 g/mol. The van der Waals surface area contributed by atoms with E-state index in [2.05, 4.69) is 22.8 Å². The molecule has 2 aromatic rings. The Morgan fingerprint density at radius 1 is 1.09 bits per heavy atom. The summed E-state index contributed by atoms with van der Waals surface area (Å²) in [6, 6.07) is 14.6. The third-order valence-electron chi connectivity index (χ3n) is 6.90. The minimum Gasteiger partial charge on any atom is -0.480 e. The first-order valence-corrected chi connectivity index (χ1v) is 11.6. The molecule has 34 heavy (non-hydrogen) atoms. The number of fused-ring (bicyclic) bond motifs is 3. The molecule has 4 N–H and O–H groups in total. The van der Waals surface area contributed by atoms with Crippen molar-refractivity contribution in [1.82, 2.24) is 10.6 Å². The van der Waals surface area contributed by atoms with Crippen LogP contribution in [-0.4, -0.2) is 53.0 Å². The number of aliphatic hydroxyl groups is 1. The van der Waals surface area contributed by atoms with Gasteiger partial charge in [-0.15, -0.1) is 0 Å². The number of aliphatic carboxylic acids is 1. The fourth-order valence-corrected chi connectivity index (χ4v) is 5.24. The van der Waals surface area contributed by atoms with Gasteiger partial charge in [-0.3, -0.25) is 4.79 Å². The summed E-state index contributed by atoms with van der Waals surface area (Å²) in [5, 5.41) is 23.7. The summed E-state index contributed by atoms with van der Waals surface area (Å²) in [7, 11) is 0. The number of nitrogens with one attached hydrogen (secondary N) is 2. The number of amides is 2. The maximum Gasteiger partial charge on any atom is 0.408 e. The molecule has 3 atom stereocenters. The second kappa shape index (κ2) is 9.85. The molecule has 0 spiro atoms. The van der Waals surface area contributed by atoms with Crippen LogP contribution in [-0.2, 0) is 14.3 Å². The maximum atomic E-state index is 13.1. The fourth-order valence-electron chi connectivity index (χ4n) is 5.24. The molecular weight excluding hydrogens is 436 g/mol. The van der Waals surface area contributed by atoms with Crippen molar-refractivity contribution in [3.05, 3.63) is 59.7 Å². The highest BCUT2D eigenvalue weighted by molar-refractivity contribution is 5.93. The predicted molar refractivity (Wildman–Crippen MR) is 125 cm³/mol. The van der Waals surface area contributed by atoms with E-state index in [1.165, 1.54) is 0 Å². The van der Waals surface area contributed by atoms with Crippen molar-refractivity contribution in [3.63, 3.8) is 0 Å². The van der Waals surface area contributed by atoms with Gasteiger partial charge in [-0.2, -0.15) is 0 Å². The number of hydrogen-bond donors (Lipinski definition) is 4. The van der Waals surface area contributed by atoms with Crippen LogP contribution < -0.4 is 10.6 Å². The highest BCUT2D eigenvalue weighted by Gasteiger charge is 2.45. The molecular formula is C26H30N2O6. The quantitative estimate of drug-likeness (QED) is 0.497. The molecule has 3 unspecified atom stereocenters. The van der Waals surface area contributed by atoms with Crippen LogP contribution in [0.15, 0.2) is 48.5 Å². The highest BCUT2D eigenvalue weighted by Crippen LogP contribution is 2.44. The van der Waals surface area contributed by atoms with Crippen molar-refractivity contribution in [1.29, 1.82) is 0 Å². The van der Waals surface area contributed by atoms with E-state index in [1.807, 2.05) is 43.3 Å². The molecule has 8 heteroatoms. The van der Waals surface area contributed by atoms with Crippen molar-refractivity contribution >= 4 is 18.0 Å². The Bertz CT molecular complexity index is 1040. The van der Waals surface area contributed by atoms with Crippen LogP contribution in [0.4, 0.5) is 4.79 Å². The van der Waals surface area contributed by atoms with Gasteiger partial charge in [-0.05, 0) is 41.0 Å².